The average Bonchev–Trinajstić information content (AvgIpc) is 3.44. The quantitative estimate of drug-likeness (QED) is 0.0255. The van der Waals surface area contributed by atoms with Crippen molar-refractivity contribution in [2.24, 2.45) is 0 Å². The minimum atomic E-state index is -1.04. The molecule has 0 aliphatic heterocycles. The molecule has 0 saturated carbocycles. The van der Waals surface area contributed by atoms with E-state index in [9.17, 15) is 39.0 Å². The molecule has 0 bridgehead atoms. The van der Waals surface area contributed by atoms with Gasteiger partial charge in [-0.05, 0) is 38.5 Å². The van der Waals surface area contributed by atoms with Crippen LogP contribution in [0.4, 0.5) is 0 Å². The van der Waals surface area contributed by atoms with Crippen LogP contribution in [0, 0.1) is 0 Å². The second-order valence-corrected chi connectivity index (χ2v) is 22.4. The Morgan fingerprint density at radius 3 is 0.938 bits per heavy atom. The van der Waals surface area contributed by atoms with Crippen molar-refractivity contribution >= 4 is 35.3 Å². The summed E-state index contributed by atoms with van der Waals surface area (Å²) in [7, 11) is 0. The SMILES string of the molecule is CCCCCCCCCCCCC/C=C/C(O)C(COC(=O)CCC(=O)COCCOCC(=O)CCC(=O)OCC(NC(=O)CCCCCCCC)C(O)/C=C/CCCCCCCCCCCCC)NC(=O)CCCCCCCC. The maximum Gasteiger partial charge on any atom is 0.306 e. The molecule has 0 saturated heterocycles. The number of aliphatic hydroxyl groups excluding tert-OH is 2. The van der Waals surface area contributed by atoms with E-state index in [0.29, 0.717) is 12.8 Å². The largest absolute Gasteiger partial charge is 0.463 e. The van der Waals surface area contributed by atoms with E-state index in [1.54, 1.807) is 12.2 Å². The van der Waals surface area contributed by atoms with E-state index in [1.807, 2.05) is 12.2 Å². The number of carbonyl (C=O) groups excluding carboxylic acids is 6. The molecule has 2 amide bonds. The predicted molar refractivity (Wildman–Crippen MR) is 324 cm³/mol. The lowest BCUT2D eigenvalue weighted by Crippen LogP contribution is -2.46. The van der Waals surface area contributed by atoms with Crippen LogP contribution in [0.3, 0.4) is 0 Å². The zero-order valence-corrected chi connectivity index (χ0v) is 51.5. The molecule has 0 fully saturated rings. The molecule has 0 aliphatic carbocycles. The second kappa shape index (κ2) is 58.7. The Bertz CT molecular complexity index is 1440. The molecule has 4 N–H and O–H groups in total. The Hall–Kier alpha value is -3.46. The molecule has 0 radical (unpaired) electrons. The molecule has 4 unspecified atom stereocenters. The first kappa shape index (κ1) is 76.5. The molecular formula is C66H120N2O12. The summed E-state index contributed by atoms with van der Waals surface area (Å²) in [5.41, 5.74) is 0. The maximum atomic E-state index is 12.8. The Labute approximate surface area is 487 Å². The lowest BCUT2D eigenvalue weighted by molar-refractivity contribution is -0.147. The Morgan fingerprint density at radius 2 is 0.637 bits per heavy atom. The minimum absolute atomic E-state index is 0.0261. The van der Waals surface area contributed by atoms with E-state index in [4.69, 9.17) is 18.9 Å². The van der Waals surface area contributed by atoms with Crippen molar-refractivity contribution in [2.75, 3.05) is 39.6 Å². The number of carbonyl (C=O) groups is 6. The van der Waals surface area contributed by atoms with Gasteiger partial charge in [0, 0.05) is 25.7 Å². The molecule has 14 nitrogen and oxygen atoms in total. The third kappa shape index (κ3) is 52.6. The van der Waals surface area contributed by atoms with Crippen LogP contribution in [0.5, 0.6) is 0 Å². The van der Waals surface area contributed by atoms with Gasteiger partial charge in [-0.25, -0.2) is 0 Å². The molecule has 0 aromatic rings. The summed E-state index contributed by atoms with van der Waals surface area (Å²) in [6.07, 6.45) is 46.9. The number of ketones is 2. The first-order valence-electron chi connectivity index (χ1n) is 32.7. The molecule has 0 aliphatic rings. The van der Waals surface area contributed by atoms with Gasteiger partial charge < -0.3 is 39.8 Å². The highest BCUT2D eigenvalue weighted by Gasteiger charge is 2.23. The Balaban J connectivity index is 4.71. The normalized spacial score (nSPS) is 13.1. The van der Waals surface area contributed by atoms with Crippen LogP contribution in [0.1, 0.15) is 297 Å². The number of unbranched alkanes of at least 4 members (excludes halogenated alkanes) is 32. The van der Waals surface area contributed by atoms with Gasteiger partial charge in [-0.2, -0.15) is 0 Å². The third-order valence-electron chi connectivity index (χ3n) is 14.6. The molecular weight excluding hydrogens is 1010 g/mol. The standard InChI is InChI=1S/C66H120N2O12/c1-5-9-13-17-21-23-25-27-29-31-33-35-39-43-61(71)59(67-63(73)45-41-37-19-15-11-7-3)55-79-65(75)49-47-57(69)53-77-51-52-78-54-58(70)48-50-66(76)80-56-60(68-64(74)46-42-38-20-16-12-8-4)62(72)44-40-36-34-32-30-28-26-24-22-18-14-10-6-2/h39-40,43-44,59-62,71-72H,5-38,41-42,45-56H2,1-4H3,(H,67,73)(H,68,74)/b43-39+,44-40+. The van der Waals surface area contributed by atoms with E-state index in [-0.39, 0.29) is 88.7 Å². The average molecular weight is 1130 g/mol. The first-order chi connectivity index (χ1) is 39.0. The van der Waals surface area contributed by atoms with Crippen LogP contribution < -0.4 is 10.6 Å². The highest BCUT2D eigenvalue weighted by Crippen LogP contribution is 2.16. The summed E-state index contributed by atoms with van der Waals surface area (Å²) in [5, 5.41) is 27.8. The minimum Gasteiger partial charge on any atom is -0.463 e. The summed E-state index contributed by atoms with van der Waals surface area (Å²) in [4.78, 5) is 76.1. The highest BCUT2D eigenvalue weighted by atomic mass is 16.5. The summed E-state index contributed by atoms with van der Waals surface area (Å²) in [6.45, 7) is 7.88. The maximum absolute atomic E-state index is 12.8. The highest BCUT2D eigenvalue weighted by molar-refractivity contribution is 5.84. The Kier molecular flexibility index (Phi) is 56.2. The smallest absolute Gasteiger partial charge is 0.306 e. The van der Waals surface area contributed by atoms with Crippen LogP contribution in [0.15, 0.2) is 24.3 Å². The van der Waals surface area contributed by atoms with E-state index in [1.165, 1.54) is 128 Å². The summed E-state index contributed by atoms with van der Waals surface area (Å²) in [6, 6.07) is -1.64. The van der Waals surface area contributed by atoms with Crippen LogP contribution in [-0.4, -0.2) is 109 Å². The number of allylic oxidation sites excluding steroid dienone is 2. The van der Waals surface area contributed by atoms with Gasteiger partial charge in [0.25, 0.3) is 0 Å². The summed E-state index contributed by atoms with van der Waals surface area (Å²) < 4.78 is 21.7. The van der Waals surface area contributed by atoms with Gasteiger partial charge in [0.15, 0.2) is 11.6 Å². The predicted octanol–water partition coefficient (Wildman–Crippen LogP) is 14.5. The molecule has 0 rings (SSSR count). The molecule has 4 atom stereocenters. The van der Waals surface area contributed by atoms with Crippen molar-refractivity contribution < 1.29 is 57.9 Å². The van der Waals surface area contributed by atoms with Crippen molar-refractivity contribution in [2.45, 2.75) is 322 Å². The topological polar surface area (TPSA) is 204 Å². The van der Waals surface area contributed by atoms with Gasteiger partial charge in [-0.15, -0.1) is 0 Å². The van der Waals surface area contributed by atoms with E-state index in [0.717, 1.165) is 103 Å². The van der Waals surface area contributed by atoms with E-state index >= 15 is 0 Å². The van der Waals surface area contributed by atoms with E-state index in [2.05, 4.69) is 38.3 Å². The van der Waals surface area contributed by atoms with Crippen molar-refractivity contribution in [1.29, 1.82) is 0 Å². The monoisotopic (exact) mass is 1130 g/mol. The number of Topliss-reactive ketones (excluding diaryl/α,β-unsaturated/α-hetero) is 2. The first-order valence-corrected chi connectivity index (χ1v) is 32.7. The van der Waals surface area contributed by atoms with Crippen molar-refractivity contribution in [3.05, 3.63) is 24.3 Å². The molecule has 80 heavy (non-hydrogen) atoms. The fraction of sp³-hybridized carbons (Fsp3) is 0.848. The van der Waals surface area contributed by atoms with Gasteiger partial charge in [0.1, 0.15) is 26.4 Å². The Morgan fingerprint density at radius 1 is 0.362 bits per heavy atom. The zero-order valence-electron chi connectivity index (χ0n) is 51.5. The molecule has 14 heteroatoms. The number of esters is 2. The van der Waals surface area contributed by atoms with Gasteiger partial charge >= 0.3 is 11.9 Å². The lowest BCUT2D eigenvalue weighted by atomic mass is 10.0. The zero-order chi connectivity index (χ0) is 58.8. The summed E-state index contributed by atoms with van der Waals surface area (Å²) in [5.74, 6) is -2.31. The van der Waals surface area contributed by atoms with Crippen LogP contribution in [0.2, 0.25) is 0 Å². The third-order valence-corrected chi connectivity index (χ3v) is 14.6. The molecule has 0 aromatic heterocycles. The molecule has 0 heterocycles. The number of ether oxygens (including phenoxy) is 4. The van der Waals surface area contributed by atoms with Crippen LogP contribution >= 0.6 is 0 Å². The molecule has 466 valence electrons. The van der Waals surface area contributed by atoms with Crippen molar-refractivity contribution in [3.8, 4) is 0 Å². The summed E-state index contributed by atoms with van der Waals surface area (Å²) >= 11 is 0. The van der Waals surface area contributed by atoms with Gasteiger partial charge in [-0.3, -0.25) is 28.8 Å². The van der Waals surface area contributed by atoms with Crippen LogP contribution in [-0.2, 0) is 47.7 Å². The number of rotatable bonds is 61. The van der Waals surface area contributed by atoms with Crippen molar-refractivity contribution in [3.63, 3.8) is 0 Å². The number of nitrogens with one attached hydrogen (secondary N) is 2. The number of hydrogen-bond acceptors (Lipinski definition) is 12. The van der Waals surface area contributed by atoms with E-state index < -0.39 is 36.2 Å². The molecule has 0 aromatic carbocycles. The fourth-order valence-corrected chi connectivity index (χ4v) is 9.36. The van der Waals surface area contributed by atoms with Gasteiger partial charge in [-0.1, -0.05) is 245 Å². The lowest BCUT2D eigenvalue weighted by Gasteiger charge is -2.22. The number of hydrogen-bond donors (Lipinski definition) is 4. The molecule has 0 spiro atoms. The van der Waals surface area contributed by atoms with Crippen molar-refractivity contribution in [1.82, 2.24) is 10.6 Å². The fourth-order valence-electron chi connectivity index (χ4n) is 9.36. The van der Waals surface area contributed by atoms with Crippen LogP contribution in [0.25, 0.3) is 0 Å². The number of aliphatic hydroxyl groups is 2. The van der Waals surface area contributed by atoms with Gasteiger partial charge in [0.2, 0.25) is 11.8 Å². The van der Waals surface area contributed by atoms with Gasteiger partial charge in [0.05, 0.1) is 50.3 Å². The second-order valence-electron chi connectivity index (χ2n) is 22.4. The number of amides is 2.